The van der Waals surface area contributed by atoms with E-state index in [0.717, 1.165) is 13.0 Å². The highest BCUT2D eigenvalue weighted by Crippen LogP contribution is 2.39. The van der Waals surface area contributed by atoms with Crippen molar-refractivity contribution in [2.75, 3.05) is 13.1 Å². The predicted octanol–water partition coefficient (Wildman–Crippen LogP) is 1.28. The molecule has 0 aromatic rings. The number of carbonyl (C=O) groups is 1. The van der Waals surface area contributed by atoms with E-state index >= 15 is 0 Å². The molecule has 3 nitrogen and oxygen atoms in total. The average molecular weight is 198 g/mol. The molecule has 1 aliphatic rings. The fourth-order valence-electron chi connectivity index (χ4n) is 1.86. The van der Waals surface area contributed by atoms with Crippen LogP contribution in [0.4, 0.5) is 0 Å². The van der Waals surface area contributed by atoms with Gasteiger partial charge in [-0.15, -0.1) is 0 Å². The number of carbonyl (C=O) groups excluding carboxylic acids is 1. The maximum absolute atomic E-state index is 11.6. The van der Waals surface area contributed by atoms with Crippen LogP contribution in [0.5, 0.6) is 0 Å². The van der Waals surface area contributed by atoms with Crippen molar-refractivity contribution < 1.29 is 4.79 Å². The quantitative estimate of drug-likeness (QED) is 0.699. The van der Waals surface area contributed by atoms with Crippen molar-refractivity contribution in [3.8, 4) is 0 Å². The first kappa shape index (κ1) is 11.5. The lowest BCUT2D eigenvalue weighted by Crippen LogP contribution is -2.43. The fourth-order valence-corrected chi connectivity index (χ4v) is 1.86. The van der Waals surface area contributed by atoms with Gasteiger partial charge in [0.2, 0.25) is 5.91 Å². The van der Waals surface area contributed by atoms with Crippen LogP contribution in [0.3, 0.4) is 0 Å². The second-order valence-corrected chi connectivity index (χ2v) is 4.72. The summed E-state index contributed by atoms with van der Waals surface area (Å²) in [6.45, 7) is 5.52. The van der Waals surface area contributed by atoms with E-state index in [1.165, 1.54) is 19.3 Å². The van der Waals surface area contributed by atoms with Crippen molar-refractivity contribution >= 4 is 5.91 Å². The first-order chi connectivity index (χ1) is 6.61. The molecule has 82 valence electrons. The molecule has 0 spiro atoms. The molecule has 1 rings (SSSR count). The van der Waals surface area contributed by atoms with Crippen LogP contribution in [0.2, 0.25) is 0 Å². The zero-order valence-electron chi connectivity index (χ0n) is 9.31. The molecule has 0 aliphatic heterocycles. The number of nitrogens with two attached hydrogens (primary N) is 1. The molecule has 1 atom stereocenters. The van der Waals surface area contributed by atoms with E-state index in [1.54, 1.807) is 0 Å². The Hall–Kier alpha value is -0.570. The normalized spacial score (nSPS) is 21.1. The Labute approximate surface area is 86.4 Å². The standard InChI is InChI=1S/C11H22N2O/c1-3-9(7-12)10(14)13-8-11(2)5-4-6-11/h9H,3-8,12H2,1-2H3,(H,13,14). The highest BCUT2D eigenvalue weighted by Gasteiger charge is 2.32. The van der Waals surface area contributed by atoms with Crippen LogP contribution >= 0.6 is 0 Å². The molecule has 3 heteroatoms. The summed E-state index contributed by atoms with van der Waals surface area (Å²) in [5, 5.41) is 3.01. The largest absolute Gasteiger partial charge is 0.355 e. The van der Waals surface area contributed by atoms with E-state index in [0.29, 0.717) is 12.0 Å². The Morgan fingerprint density at radius 1 is 1.57 bits per heavy atom. The van der Waals surface area contributed by atoms with Crippen LogP contribution in [0.15, 0.2) is 0 Å². The third kappa shape index (κ3) is 2.71. The zero-order chi connectivity index (χ0) is 10.6. The number of amides is 1. The molecule has 1 unspecified atom stereocenters. The number of rotatable bonds is 5. The van der Waals surface area contributed by atoms with Gasteiger partial charge in [0.25, 0.3) is 0 Å². The van der Waals surface area contributed by atoms with Gasteiger partial charge in [0.1, 0.15) is 0 Å². The highest BCUT2D eigenvalue weighted by atomic mass is 16.1. The monoisotopic (exact) mass is 198 g/mol. The van der Waals surface area contributed by atoms with E-state index in [2.05, 4.69) is 12.2 Å². The molecule has 0 bridgehead atoms. The highest BCUT2D eigenvalue weighted by molar-refractivity contribution is 5.78. The molecule has 0 aromatic carbocycles. The topological polar surface area (TPSA) is 55.1 Å². The van der Waals surface area contributed by atoms with Gasteiger partial charge in [0, 0.05) is 19.0 Å². The second kappa shape index (κ2) is 4.78. The van der Waals surface area contributed by atoms with Crippen molar-refractivity contribution in [3.63, 3.8) is 0 Å². The molecule has 1 saturated carbocycles. The Bertz CT molecular complexity index is 195. The maximum Gasteiger partial charge on any atom is 0.224 e. The van der Waals surface area contributed by atoms with Gasteiger partial charge in [-0.1, -0.05) is 20.3 Å². The summed E-state index contributed by atoms with van der Waals surface area (Å²) >= 11 is 0. The van der Waals surface area contributed by atoms with E-state index in [1.807, 2.05) is 6.92 Å². The molecule has 0 saturated heterocycles. The summed E-state index contributed by atoms with van der Waals surface area (Å²) in [4.78, 5) is 11.6. The maximum atomic E-state index is 11.6. The minimum absolute atomic E-state index is 0.00123. The van der Waals surface area contributed by atoms with Gasteiger partial charge in [-0.05, 0) is 24.7 Å². The van der Waals surface area contributed by atoms with Crippen LogP contribution in [0.1, 0.15) is 39.5 Å². The van der Waals surface area contributed by atoms with Crippen LogP contribution in [-0.4, -0.2) is 19.0 Å². The van der Waals surface area contributed by atoms with Crippen molar-refractivity contribution in [1.82, 2.24) is 5.32 Å². The number of nitrogens with one attached hydrogen (secondary N) is 1. The third-order valence-corrected chi connectivity index (χ3v) is 3.40. The Morgan fingerprint density at radius 3 is 2.57 bits per heavy atom. The Morgan fingerprint density at radius 2 is 2.21 bits per heavy atom. The minimum Gasteiger partial charge on any atom is -0.355 e. The van der Waals surface area contributed by atoms with E-state index in [9.17, 15) is 4.79 Å². The molecule has 0 aromatic heterocycles. The Kier molecular flexibility index (Phi) is 3.93. The lowest BCUT2D eigenvalue weighted by Gasteiger charge is -2.38. The molecule has 1 aliphatic carbocycles. The van der Waals surface area contributed by atoms with E-state index in [-0.39, 0.29) is 11.8 Å². The van der Waals surface area contributed by atoms with Crippen molar-refractivity contribution in [3.05, 3.63) is 0 Å². The molecular weight excluding hydrogens is 176 g/mol. The predicted molar refractivity (Wildman–Crippen MR) is 57.8 cm³/mol. The van der Waals surface area contributed by atoms with Crippen LogP contribution in [0, 0.1) is 11.3 Å². The van der Waals surface area contributed by atoms with Crippen molar-refractivity contribution in [2.24, 2.45) is 17.1 Å². The van der Waals surface area contributed by atoms with Gasteiger partial charge in [-0.25, -0.2) is 0 Å². The van der Waals surface area contributed by atoms with Gasteiger partial charge in [0.15, 0.2) is 0 Å². The summed E-state index contributed by atoms with van der Waals surface area (Å²) in [6, 6.07) is 0. The summed E-state index contributed by atoms with van der Waals surface area (Å²) in [6.07, 6.45) is 4.62. The summed E-state index contributed by atoms with van der Waals surface area (Å²) in [5.41, 5.74) is 5.87. The van der Waals surface area contributed by atoms with Gasteiger partial charge in [0.05, 0.1) is 0 Å². The van der Waals surface area contributed by atoms with Crippen molar-refractivity contribution in [1.29, 1.82) is 0 Å². The first-order valence-electron chi connectivity index (χ1n) is 5.59. The molecule has 3 N–H and O–H groups in total. The lowest BCUT2D eigenvalue weighted by atomic mass is 9.70. The summed E-state index contributed by atoms with van der Waals surface area (Å²) in [5.74, 6) is 0.127. The smallest absolute Gasteiger partial charge is 0.224 e. The average Bonchev–Trinajstić information content (AvgIpc) is 2.13. The minimum atomic E-state index is -0.00123. The summed E-state index contributed by atoms with van der Waals surface area (Å²) < 4.78 is 0. The molecule has 1 amide bonds. The Balaban J connectivity index is 2.26. The van der Waals surface area contributed by atoms with Crippen LogP contribution in [0.25, 0.3) is 0 Å². The fraction of sp³-hybridized carbons (Fsp3) is 0.909. The van der Waals surface area contributed by atoms with Gasteiger partial charge in [-0.3, -0.25) is 4.79 Å². The molecule has 14 heavy (non-hydrogen) atoms. The SMILES string of the molecule is CCC(CN)C(=O)NCC1(C)CCC1. The zero-order valence-corrected chi connectivity index (χ0v) is 9.31. The van der Waals surface area contributed by atoms with Gasteiger partial charge < -0.3 is 11.1 Å². The van der Waals surface area contributed by atoms with Gasteiger partial charge in [-0.2, -0.15) is 0 Å². The van der Waals surface area contributed by atoms with Gasteiger partial charge >= 0.3 is 0 Å². The first-order valence-corrected chi connectivity index (χ1v) is 5.59. The molecule has 0 heterocycles. The van der Waals surface area contributed by atoms with E-state index < -0.39 is 0 Å². The lowest BCUT2D eigenvalue weighted by molar-refractivity contribution is -0.125. The van der Waals surface area contributed by atoms with Crippen LogP contribution in [-0.2, 0) is 4.79 Å². The molecule has 1 fully saturated rings. The van der Waals surface area contributed by atoms with E-state index in [4.69, 9.17) is 5.73 Å². The number of hydrogen-bond donors (Lipinski definition) is 2. The van der Waals surface area contributed by atoms with Crippen molar-refractivity contribution in [2.45, 2.75) is 39.5 Å². The third-order valence-electron chi connectivity index (χ3n) is 3.40. The molecule has 0 radical (unpaired) electrons. The van der Waals surface area contributed by atoms with Crippen LogP contribution < -0.4 is 11.1 Å². The summed E-state index contributed by atoms with van der Waals surface area (Å²) in [7, 11) is 0. The molecular formula is C11H22N2O. The second-order valence-electron chi connectivity index (χ2n) is 4.72. The number of hydrogen-bond acceptors (Lipinski definition) is 2.